The summed E-state index contributed by atoms with van der Waals surface area (Å²) < 4.78 is 13.5. The first-order valence-electron chi connectivity index (χ1n) is 4.92. The van der Waals surface area contributed by atoms with Gasteiger partial charge in [-0.25, -0.2) is 4.39 Å². The minimum Gasteiger partial charge on any atom is -0.395 e. The number of nitrogens with zero attached hydrogens (tertiary/aromatic N) is 1. The van der Waals surface area contributed by atoms with Crippen LogP contribution in [0.2, 0.25) is 0 Å². The molecule has 88 valence electrons. The average molecular weight is 226 g/mol. The average Bonchev–Trinajstić information content (AvgIpc) is 2.25. The lowest BCUT2D eigenvalue weighted by Crippen LogP contribution is -2.27. The maximum absolute atomic E-state index is 13.5. The highest BCUT2D eigenvalue weighted by molar-refractivity contribution is 5.94. The van der Waals surface area contributed by atoms with E-state index in [0.717, 1.165) is 0 Å². The van der Waals surface area contributed by atoms with Gasteiger partial charge in [0.1, 0.15) is 5.82 Å². The van der Waals surface area contributed by atoms with Gasteiger partial charge in [-0.3, -0.25) is 4.79 Å². The molecule has 0 aliphatic carbocycles. The highest BCUT2D eigenvalue weighted by Gasteiger charge is 2.11. The second-order valence-electron chi connectivity index (χ2n) is 3.54. The maximum atomic E-state index is 13.5. The minimum absolute atomic E-state index is 0.0148. The number of benzene rings is 1. The lowest BCUT2D eigenvalue weighted by molar-refractivity contribution is 0.0941. The fourth-order valence-electron chi connectivity index (χ4n) is 1.23. The maximum Gasteiger partial charge on any atom is 0.254 e. The summed E-state index contributed by atoms with van der Waals surface area (Å²) in [5.41, 5.74) is 0.676. The van der Waals surface area contributed by atoms with Gasteiger partial charge in [-0.1, -0.05) is 0 Å². The number of carbonyl (C=O) groups excluding carboxylic acids is 1. The third kappa shape index (κ3) is 2.93. The van der Waals surface area contributed by atoms with Crippen molar-refractivity contribution in [1.82, 2.24) is 5.32 Å². The highest BCUT2D eigenvalue weighted by atomic mass is 19.1. The van der Waals surface area contributed by atoms with E-state index in [0.29, 0.717) is 5.69 Å². The Bertz CT molecular complexity index is 380. The number of aliphatic hydroxyl groups excluding tert-OH is 1. The SMILES string of the molecule is CN(C)c1ccc(C(=O)NCCO)c(F)c1. The van der Waals surface area contributed by atoms with E-state index >= 15 is 0 Å². The van der Waals surface area contributed by atoms with E-state index in [1.807, 2.05) is 0 Å². The van der Waals surface area contributed by atoms with E-state index in [4.69, 9.17) is 5.11 Å². The van der Waals surface area contributed by atoms with Gasteiger partial charge in [0.25, 0.3) is 5.91 Å². The number of rotatable bonds is 4. The lowest BCUT2D eigenvalue weighted by Gasteiger charge is -2.13. The largest absolute Gasteiger partial charge is 0.395 e. The number of carbonyl (C=O) groups is 1. The van der Waals surface area contributed by atoms with Crippen molar-refractivity contribution in [2.24, 2.45) is 0 Å². The molecule has 1 aromatic rings. The summed E-state index contributed by atoms with van der Waals surface area (Å²) in [5.74, 6) is -1.08. The first-order valence-corrected chi connectivity index (χ1v) is 4.92. The van der Waals surface area contributed by atoms with Crippen LogP contribution in [0.1, 0.15) is 10.4 Å². The molecular formula is C11H15FN2O2. The monoisotopic (exact) mass is 226 g/mol. The Morgan fingerprint density at radius 3 is 2.69 bits per heavy atom. The zero-order chi connectivity index (χ0) is 12.1. The highest BCUT2D eigenvalue weighted by Crippen LogP contribution is 2.16. The standard InChI is InChI=1S/C11H15FN2O2/c1-14(2)8-3-4-9(10(12)7-8)11(16)13-5-6-15/h3-4,7,15H,5-6H2,1-2H3,(H,13,16). The lowest BCUT2D eigenvalue weighted by atomic mass is 10.1. The number of anilines is 1. The van der Waals surface area contributed by atoms with Crippen LogP contribution in [0.25, 0.3) is 0 Å². The van der Waals surface area contributed by atoms with Crippen LogP contribution < -0.4 is 10.2 Å². The number of halogens is 1. The van der Waals surface area contributed by atoms with Crippen LogP contribution in [0.3, 0.4) is 0 Å². The number of amides is 1. The Morgan fingerprint density at radius 1 is 1.50 bits per heavy atom. The Hall–Kier alpha value is -1.62. The van der Waals surface area contributed by atoms with Crippen molar-refractivity contribution in [3.05, 3.63) is 29.6 Å². The van der Waals surface area contributed by atoms with Gasteiger partial charge in [-0.2, -0.15) is 0 Å². The van der Waals surface area contributed by atoms with Crippen LogP contribution in [0.5, 0.6) is 0 Å². The molecule has 4 nitrogen and oxygen atoms in total. The molecule has 0 radical (unpaired) electrons. The van der Waals surface area contributed by atoms with Crippen molar-refractivity contribution in [2.45, 2.75) is 0 Å². The zero-order valence-corrected chi connectivity index (χ0v) is 9.33. The van der Waals surface area contributed by atoms with Crippen molar-refractivity contribution >= 4 is 11.6 Å². The minimum atomic E-state index is -0.568. The van der Waals surface area contributed by atoms with Crippen molar-refractivity contribution in [3.8, 4) is 0 Å². The molecule has 0 aromatic heterocycles. The molecule has 5 heteroatoms. The van der Waals surface area contributed by atoms with Crippen molar-refractivity contribution in [3.63, 3.8) is 0 Å². The Kier molecular flexibility index (Phi) is 4.25. The first-order chi connectivity index (χ1) is 7.56. The summed E-state index contributed by atoms with van der Waals surface area (Å²) in [6.45, 7) is -0.0448. The summed E-state index contributed by atoms with van der Waals surface area (Å²) >= 11 is 0. The Labute approximate surface area is 93.7 Å². The fourth-order valence-corrected chi connectivity index (χ4v) is 1.23. The quantitative estimate of drug-likeness (QED) is 0.791. The van der Waals surface area contributed by atoms with E-state index in [2.05, 4.69) is 5.32 Å². The second-order valence-corrected chi connectivity index (χ2v) is 3.54. The Balaban J connectivity index is 2.86. The molecule has 2 N–H and O–H groups in total. The third-order valence-corrected chi connectivity index (χ3v) is 2.11. The number of aliphatic hydroxyl groups is 1. The number of hydrogen-bond acceptors (Lipinski definition) is 3. The van der Waals surface area contributed by atoms with E-state index in [-0.39, 0.29) is 18.7 Å². The molecule has 1 aromatic carbocycles. The van der Waals surface area contributed by atoms with Crippen molar-refractivity contribution in [2.75, 3.05) is 32.1 Å². The van der Waals surface area contributed by atoms with Gasteiger partial charge in [0.2, 0.25) is 0 Å². The van der Waals surface area contributed by atoms with Crippen LogP contribution >= 0.6 is 0 Å². The molecule has 0 aliphatic heterocycles. The molecule has 1 rings (SSSR count). The van der Waals surface area contributed by atoms with E-state index < -0.39 is 11.7 Å². The fraction of sp³-hybridized carbons (Fsp3) is 0.364. The zero-order valence-electron chi connectivity index (χ0n) is 9.33. The van der Waals surface area contributed by atoms with Gasteiger partial charge in [0, 0.05) is 26.3 Å². The molecule has 0 fully saturated rings. The summed E-state index contributed by atoms with van der Waals surface area (Å²) in [6.07, 6.45) is 0. The van der Waals surface area contributed by atoms with Gasteiger partial charge in [-0.05, 0) is 18.2 Å². The summed E-state index contributed by atoms with van der Waals surface area (Å²) in [4.78, 5) is 13.2. The Morgan fingerprint density at radius 2 is 2.19 bits per heavy atom. The van der Waals surface area contributed by atoms with Crippen LogP contribution in [-0.4, -0.2) is 38.3 Å². The van der Waals surface area contributed by atoms with Gasteiger partial charge >= 0.3 is 0 Å². The molecule has 0 aliphatic rings. The molecule has 0 heterocycles. The predicted octanol–water partition coefficient (Wildman–Crippen LogP) is 0.614. The van der Waals surface area contributed by atoms with Gasteiger partial charge in [0.15, 0.2) is 0 Å². The van der Waals surface area contributed by atoms with Crippen molar-refractivity contribution in [1.29, 1.82) is 0 Å². The van der Waals surface area contributed by atoms with Gasteiger partial charge in [0.05, 0.1) is 12.2 Å². The molecule has 0 bridgehead atoms. The van der Waals surface area contributed by atoms with E-state index in [1.165, 1.54) is 12.1 Å². The smallest absolute Gasteiger partial charge is 0.254 e. The molecule has 0 spiro atoms. The number of hydrogen-bond donors (Lipinski definition) is 2. The van der Waals surface area contributed by atoms with Crippen molar-refractivity contribution < 1.29 is 14.3 Å². The first kappa shape index (κ1) is 12.4. The van der Waals surface area contributed by atoms with Gasteiger partial charge < -0.3 is 15.3 Å². The molecule has 0 saturated carbocycles. The summed E-state index contributed by atoms with van der Waals surface area (Å²) in [6, 6.07) is 4.39. The molecule has 0 saturated heterocycles. The molecule has 16 heavy (non-hydrogen) atoms. The molecular weight excluding hydrogens is 211 g/mol. The van der Waals surface area contributed by atoms with E-state index in [1.54, 1.807) is 25.1 Å². The molecule has 0 atom stereocenters. The third-order valence-electron chi connectivity index (χ3n) is 2.11. The van der Waals surface area contributed by atoms with Crippen LogP contribution in [0.4, 0.5) is 10.1 Å². The van der Waals surface area contributed by atoms with E-state index in [9.17, 15) is 9.18 Å². The number of nitrogens with one attached hydrogen (secondary N) is 1. The topological polar surface area (TPSA) is 52.6 Å². The second kappa shape index (κ2) is 5.46. The van der Waals surface area contributed by atoms with Crippen LogP contribution in [-0.2, 0) is 0 Å². The predicted molar refractivity (Wildman–Crippen MR) is 60.1 cm³/mol. The van der Waals surface area contributed by atoms with Gasteiger partial charge in [-0.15, -0.1) is 0 Å². The summed E-state index contributed by atoms with van der Waals surface area (Å²) in [7, 11) is 3.58. The normalized spacial score (nSPS) is 10.0. The summed E-state index contributed by atoms with van der Waals surface area (Å²) in [5, 5.41) is 10.9. The molecule has 0 unspecified atom stereocenters. The van der Waals surface area contributed by atoms with Crippen LogP contribution in [0, 0.1) is 5.82 Å². The van der Waals surface area contributed by atoms with Crippen LogP contribution in [0.15, 0.2) is 18.2 Å². The molecule has 1 amide bonds.